The zero-order valence-corrected chi connectivity index (χ0v) is 10.4. The number of hydrogen-bond donors (Lipinski definition) is 0. The van der Waals surface area contributed by atoms with Crippen molar-refractivity contribution in [2.24, 2.45) is 0 Å². The first-order chi connectivity index (χ1) is 8.97. The molecule has 2 rings (SSSR count). The second-order valence-electron chi connectivity index (χ2n) is 4.09. The van der Waals surface area contributed by atoms with Crippen LogP contribution in [-0.4, -0.2) is 0 Å². The minimum atomic E-state index is -0.995. The molecular formula is C14H9ClF4. The third kappa shape index (κ3) is 3.26. The van der Waals surface area contributed by atoms with E-state index in [0.717, 1.165) is 24.3 Å². The summed E-state index contributed by atoms with van der Waals surface area (Å²) in [6.45, 7) is 0. The van der Waals surface area contributed by atoms with Gasteiger partial charge in [-0.2, -0.15) is 0 Å². The van der Waals surface area contributed by atoms with Gasteiger partial charge in [-0.15, -0.1) is 11.6 Å². The minimum absolute atomic E-state index is 0.0599. The van der Waals surface area contributed by atoms with E-state index in [-0.39, 0.29) is 17.5 Å². The first-order valence-corrected chi connectivity index (χ1v) is 5.94. The second kappa shape index (κ2) is 5.61. The molecule has 100 valence electrons. The van der Waals surface area contributed by atoms with Crippen LogP contribution in [0.4, 0.5) is 17.6 Å². The first-order valence-electron chi connectivity index (χ1n) is 5.50. The molecule has 0 aliphatic heterocycles. The fourth-order valence-electron chi connectivity index (χ4n) is 1.77. The molecule has 0 heterocycles. The smallest absolute Gasteiger partial charge is 0.162 e. The van der Waals surface area contributed by atoms with Gasteiger partial charge in [-0.05, 0) is 35.7 Å². The topological polar surface area (TPSA) is 0 Å². The summed E-state index contributed by atoms with van der Waals surface area (Å²) in [5.74, 6) is -3.50. The predicted molar refractivity (Wildman–Crippen MR) is 65.0 cm³/mol. The van der Waals surface area contributed by atoms with Crippen LogP contribution in [0.25, 0.3) is 0 Å². The summed E-state index contributed by atoms with van der Waals surface area (Å²) < 4.78 is 52.6. The molecule has 0 fully saturated rings. The normalized spacial score (nSPS) is 12.5. The molecule has 0 saturated heterocycles. The van der Waals surface area contributed by atoms with Gasteiger partial charge in [0.1, 0.15) is 11.6 Å². The van der Waals surface area contributed by atoms with Crippen LogP contribution in [0.1, 0.15) is 16.5 Å². The molecule has 2 aromatic carbocycles. The van der Waals surface area contributed by atoms with Crippen LogP contribution in [0.3, 0.4) is 0 Å². The van der Waals surface area contributed by atoms with Crippen LogP contribution in [0, 0.1) is 23.3 Å². The molecular weight excluding hydrogens is 280 g/mol. The monoisotopic (exact) mass is 288 g/mol. The van der Waals surface area contributed by atoms with Gasteiger partial charge in [0.05, 0.1) is 5.38 Å². The standard InChI is InChI=1S/C14H9ClF4/c15-12(9-4-10(16)7-11(17)5-9)6-8-2-1-3-13(18)14(8)19/h1-5,7,12H,6H2. The van der Waals surface area contributed by atoms with Crippen molar-refractivity contribution < 1.29 is 17.6 Å². The van der Waals surface area contributed by atoms with Crippen LogP contribution in [0.15, 0.2) is 36.4 Å². The van der Waals surface area contributed by atoms with Gasteiger partial charge in [-0.3, -0.25) is 0 Å². The van der Waals surface area contributed by atoms with Gasteiger partial charge in [0.25, 0.3) is 0 Å². The van der Waals surface area contributed by atoms with Gasteiger partial charge in [-0.1, -0.05) is 12.1 Å². The van der Waals surface area contributed by atoms with Crippen molar-refractivity contribution in [2.45, 2.75) is 11.8 Å². The maximum absolute atomic E-state index is 13.5. The maximum Gasteiger partial charge on any atom is 0.162 e. The van der Waals surface area contributed by atoms with Crippen molar-refractivity contribution in [3.05, 3.63) is 70.8 Å². The van der Waals surface area contributed by atoms with Gasteiger partial charge in [0.15, 0.2) is 11.6 Å². The highest BCUT2D eigenvalue weighted by molar-refractivity contribution is 6.20. The molecule has 19 heavy (non-hydrogen) atoms. The largest absolute Gasteiger partial charge is 0.207 e. The fraction of sp³-hybridized carbons (Fsp3) is 0.143. The molecule has 0 aromatic heterocycles. The Morgan fingerprint density at radius 2 is 1.58 bits per heavy atom. The van der Waals surface area contributed by atoms with Crippen molar-refractivity contribution in [2.75, 3.05) is 0 Å². The van der Waals surface area contributed by atoms with Gasteiger partial charge < -0.3 is 0 Å². The average molecular weight is 289 g/mol. The molecule has 0 amide bonds. The van der Waals surface area contributed by atoms with Crippen molar-refractivity contribution >= 4 is 11.6 Å². The summed E-state index contributed by atoms with van der Waals surface area (Å²) in [6, 6.07) is 6.57. The molecule has 0 bridgehead atoms. The number of benzene rings is 2. The predicted octanol–water partition coefficient (Wildman–Crippen LogP) is 4.77. The van der Waals surface area contributed by atoms with Crippen molar-refractivity contribution in [1.29, 1.82) is 0 Å². The molecule has 2 aromatic rings. The van der Waals surface area contributed by atoms with E-state index in [1.54, 1.807) is 0 Å². The molecule has 0 radical (unpaired) electrons. The first kappa shape index (κ1) is 13.9. The van der Waals surface area contributed by atoms with E-state index in [1.807, 2.05) is 0 Å². The molecule has 0 aliphatic carbocycles. The molecule has 5 heteroatoms. The van der Waals surface area contributed by atoms with Crippen LogP contribution in [-0.2, 0) is 6.42 Å². The van der Waals surface area contributed by atoms with Crippen molar-refractivity contribution in [3.8, 4) is 0 Å². The molecule has 0 aliphatic rings. The SMILES string of the molecule is Fc1cc(F)cc(C(Cl)Cc2cccc(F)c2F)c1. The van der Waals surface area contributed by atoms with E-state index in [0.29, 0.717) is 0 Å². The second-order valence-corrected chi connectivity index (χ2v) is 4.61. The fourth-order valence-corrected chi connectivity index (χ4v) is 2.07. The van der Waals surface area contributed by atoms with Gasteiger partial charge in [0, 0.05) is 6.07 Å². The van der Waals surface area contributed by atoms with E-state index in [9.17, 15) is 17.6 Å². The van der Waals surface area contributed by atoms with E-state index in [1.165, 1.54) is 12.1 Å². The van der Waals surface area contributed by atoms with E-state index in [2.05, 4.69) is 0 Å². The summed E-state index contributed by atoms with van der Waals surface area (Å²) in [4.78, 5) is 0. The molecule has 1 atom stereocenters. The van der Waals surface area contributed by atoms with Crippen LogP contribution >= 0.6 is 11.6 Å². The zero-order valence-electron chi connectivity index (χ0n) is 9.64. The number of halogens is 5. The highest BCUT2D eigenvalue weighted by Crippen LogP contribution is 2.27. The molecule has 0 N–H and O–H groups in total. The third-order valence-corrected chi connectivity index (χ3v) is 3.08. The van der Waals surface area contributed by atoms with Crippen molar-refractivity contribution in [3.63, 3.8) is 0 Å². The Balaban J connectivity index is 2.25. The zero-order chi connectivity index (χ0) is 14.0. The van der Waals surface area contributed by atoms with Crippen LogP contribution in [0.5, 0.6) is 0 Å². The van der Waals surface area contributed by atoms with Gasteiger partial charge in [0.2, 0.25) is 0 Å². The number of rotatable bonds is 3. The highest BCUT2D eigenvalue weighted by atomic mass is 35.5. The van der Waals surface area contributed by atoms with E-state index < -0.39 is 28.6 Å². The molecule has 0 spiro atoms. The number of alkyl halides is 1. The summed E-state index contributed by atoms with van der Waals surface area (Å²) in [6.07, 6.45) is -0.0615. The Labute approximate surface area is 112 Å². The molecule has 1 unspecified atom stereocenters. The minimum Gasteiger partial charge on any atom is -0.207 e. The van der Waals surface area contributed by atoms with Gasteiger partial charge in [-0.25, -0.2) is 17.6 Å². The Hall–Kier alpha value is -1.55. The number of hydrogen-bond acceptors (Lipinski definition) is 0. The summed E-state index contributed by atoms with van der Waals surface area (Å²) in [5.41, 5.74) is 0.243. The van der Waals surface area contributed by atoms with Crippen molar-refractivity contribution in [1.82, 2.24) is 0 Å². The van der Waals surface area contributed by atoms with E-state index in [4.69, 9.17) is 11.6 Å². The van der Waals surface area contributed by atoms with E-state index >= 15 is 0 Å². The Kier molecular flexibility index (Phi) is 4.10. The Bertz CT molecular complexity index is 578. The quantitative estimate of drug-likeness (QED) is 0.564. The lowest BCUT2D eigenvalue weighted by molar-refractivity contribution is 0.498. The summed E-state index contributed by atoms with van der Waals surface area (Å²) >= 11 is 5.99. The van der Waals surface area contributed by atoms with Crippen LogP contribution in [0.2, 0.25) is 0 Å². The Morgan fingerprint density at radius 3 is 2.21 bits per heavy atom. The van der Waals surface area contributed by atoms with Gasteiger partial charge >= 0.3 is 0 Å². The summed E-state index contributed by atoms with van der Waals surface area (Å²) in [5, 5.41) is -0.846. The Morgan fingerprint density at radius 1 is 0.947 bits per heavy atom. The summed E-state index contributed by atoms with van der Waals surface area (Å²) in [7, 11) is 0. The maximum atomic E-state index is 13.5. The lowest BCUT2D eigenvalue weighted by Gasteiger charge is -2.11. The lowest BCUT2D eigenvalue weighted by Crippen LogP contribution is -2.01. The lowest BCUT2D eigenvalue weighted by atomic mass is 10.0. The molecule has 0 saturated carbocycles. The highest BCUT2D eigenvalue weighted by Gasteiger charge is 2.15. The van der Waals surface area contributed by atoms with Crippen LogP contribution < -0.4 is 0 Å². The molecule has 0 nitrogen and oxygen atoms in total. The average Bonchev–Trinajstić information content (AvgIpc) is 2.33. The third-order valence-electron chi connectivity index (χ3n) is 2.68.